The molecule has 0 aromatic heterocycles. The molecule has 0 rings (SSSR count). The fourth-order valence-electron chi connectivity index (χ4n) is 0.142. The van der Waals surface area contributed by atoms with Gasteiger partial charge in [-0.25, -0.2) is 4.79 Å². The molecule has 0 aromatic rings. The average molecular weight is 143 g/mol. The number of carbonyl (C=O) groups is 2. The molecule has 2 N–H and O–H groups in total. The van der Waals surface area contributed by atoms with Crippen molar-refractivity contribution in [2.45, 2.75) is 6.92 Å². The Bertz CT molecular complexity index is 90.7. The van der Waals surface area contributed by atoms with Gasteiger partial charge >= 0.3 is 63.4 Å². The molecule has 4 nitrogen and oxygen atoms in total. The van der Waals surface area contributed by atoms with Gasteiger partial charge in [-0.2, -0.15) is 0 Å². The summed E-state index contributed by atoms with van der Waals surface area (Å²) < 4.78 is 3.75. The van der Waals surface area contributed by atoms with Crippen LogP contribution in [0.5, 0.6) is 0 Å². The Morgan fingerprint density at radius 3 is 1.88 bits per heavy atom. The number of esters is 1. The van der Waals surface area contributed by atoms with Gasteiger partial charge in [0.15, 0.2) is 0 Å². The molecule has 1 amide bonds. The molecule has 0 saturated heterocycles. The molecule has 0 aliphatic carbocycles. The van der Waals surface area contributed by atoms with E-state index in [0.29, 0.717) is 0 Å². The van der Waals surface area contributed by atoms with E-state index in [1.165, 1.54) is 0 Å². The van der Waals surface area contributed by atoms with Crippen LogP contribution in [0.2, 0.25) is 0 Å². The molecule has 0 fully saturated rings. The van der Waals surface area contributed by atoms with Crippen molar-refractivity contribution in [2.24, 2.45) is 5.73 Å². The van der Waals surface area contributed by atoms with E-state index in [0.717, 1.165) is 6.92 Å². The number of carbonyl (C=O) groups excluding carboxylic acids is 2. The Kier molecular flexibility index (Phi) is 8.12. The fraction of sp³-hybridized carbons (Fsp3) is 0.333. The fourth-order valence-corrected chi connectivity index (χ4v) is 0.142. The van der Waals surface area contributed by atoms with Gasteiger partial charge in [0.1, 0.15) is 0 Å². The van der Waals surface area contributed by atoms with Crippen molar-refractivity contribution in [3.63, 3.8) is 0 Å². The third kappa shape index (κ3) is 9.76. The minimum atomic E-state index is -1.06. The van der Waals surface area contributed by atoms with Crippen LogP contribution in [0.4, 0.5) is 4.79 Å². The second-order valence-electron chi connectivity index (χ2n) is 0.913. The number of primary amides is 1. The molecule has 0 saturated carbocycles. The Labute approximate surface area is 89.2 Å². The summed E-state index contributed by atoms with van der Waals surface area (Å²) in [6.07, 6.45) is -1.06. The SMILES string of the molecule is CC(=O)OC(N)=O.[KH]. The first-order valence-electron chi connectivity index (χ1n) is 1.61. The normalized spacial score (nSPS) is 6.62. The van der Waals surface area contributed by atoms with Crippen molar-refractivity contribution >= 4 is 63.4 Å². The third-order valence-electron chi connectivity index (χ3n) is 0.244. The molecular weight excluding hydrogens is 137 g/mol. The van der Waals surface area contributed by atoms with Crippen LogP contribution in [0, 0.1) is 0 Å². The van der Waals surface area contributed by atoms with E-state index in [9.17, 15) is 9.59 Å². The van der Waals surface area contributed by atoms with Gasteiger partial charge in [0, 0.05) is 6.92 Å². The van der Waals surface area contributed by atoms with Crippen LogP contribution in [0.3, 0.4) is 0 Å². The zero-order chi connectivity index (χ0) is 5.86. The van der Waals surface area contributed by atoms with Gasteiger partial charge in [-0.3, -0.25) is 4.79 Å². The Balaban J connectivity index is 0. The van der Waals surface area contributed by atoms with Crippen molar-refractivity contribution < 1.29 is 14.3 Å². The van der Waals surface area contributed by atoms with Crippen molar-refractivity contribution in [1.29, 1.82) is 0 Å². The molecule has 0 aliphatic rings. The van der Waals surface area contributed by atoms with Crippen LogP contribution in [0.1, 0.15) is 6.92 Å². The zero-order valence-corrected chi connectivity index (χ0v) is 3.80. The summed E-state index contributed by atoms with van der Waals surface area (Å²) in [6, 6.07) is 0. The van der Waals surface area contributed by atoms with Crippen LogP contribution < -0.4 is 5.73 Å². The van der Waals surface area contributed by atoms with Crippen LogP contribution in [-0.2, 0) is 9.53 Å². The standard InChI is InChI=1S/C3H5NO3.K.H/c1-2(5)7-3(4)6;;/h1H3,(H2,4,6);;. The van der Waals surface area contributed by atoms with E-state index in [4.69, 9.17) is 0 Å². The van der Waals surface area contributed by atoms with Gasteiger partial charge in [-0.05, 0) is 0 Å². The van der Waals surface area contributed by atoms with Gasteiger partial charge in [-0.1, -0.05) is 0 Å². The second-order valence-corrected chi connectivity index (χ2v) is 0.913. The first-order chi connectivity index (χ1) is 3.13. The first-order valence-corrected chi connectivity index (χ1v) is 1.61. The molecule has 0 heterocycles. The molecule has 0 spiro atoms. The van der Waals surface area contributed by atoms with Crippen molar-refractivity contribution in [3.8, 4) is 0 Å². The predicted molar refractivity (Wildman–Crippen MR) is 28.5 cm³/mol. The molecule has 8 heavy (non-hydrogen) atoms. The molecule has 0 aliphatic heterocycles. The van der Waals surface area contributed by atoms with Crippen LogP contribution >= 0.6 is 0 Å². The van der Waals surface area contributed by atoms with Crippen LogP contribution in [0.15, 0.2) is 0 Å². The summed E-state index contributed by atoms with van der Waals surface area (Å²) in [5, 5.41) is 0. The van der Waals surface area contributed by atoms with Crippen LogP contribution in [0.25, 0.3) is 0 Å². The van der Waals surface area contributed by atoms with E-state index >= 15 is 0 Å². The first kappa shape index (κ1) is 11.4. The van der Waals surface area contributed by atoms with Crippen molar-refractivity contribution in [3.05, 3.63) is 0 Å². The van der Waals surface area contributed by atoms with Gasteiger partial charge in [0.25, 0.3) is 0 Å². The van der Waals surface area contributed by atoms with Gasteiger partial charge in [-0.15, -0.1) is 0 Å². The number of hydrogen-bond donors (Lipinski definition) is 1. The van der Waals surface area contributed by atoms with E-state index in [1.807, 2.05) is 0 Å². The number of amides is 1. The van der Waals surface area contributed by atoms with E-state index in [2.05, 4.69) is 10.5 Å². The summed E-state index contributed by atoms with van der Waals surface area (Å²) in [7, 11) is 0. The van der Waals surface area contributed by atoms with E-state index in [-0.39, 0.29) is 51.4 Å². The summed E-state index contributed by atoms with van der Waals surface area (Å²) >= 11 is 0. The topological polar surface area (TPSA) is 69.4 Å². The van der Waals surface area contributed by atoms with E-state index < -0.39 is 12.1 Å². The summed E-state index contributed by atoms with van der Waals surface area (Å²) in [6.45, 7) is 1.10. The summed E-state index contributed by atoms with van der Waals surface area (Å²) in [5.74, 6) is -0.687. The quantitative estimate of drug-likeness (QED) is 0.268. The Morgan fingerprint density at radius 1 is 1.50 bits per heavy atom. The third-order valence-corrected chi connectivity index (χ3v) is 0.244. The van der Waals surface area contributed by atoms with Gasteiger partial charge in [0.05, 0.1) is 0 Å². The maximum atomic E-state index is 9.73. The molecule has 0 aromatic carbocycles. The van der Waals surface area contributed by atoms with Crippen molar-refractivity contribution in [1.82, 2.24) is 0 Å². The Hall–Kier alpha value is 0.576. The molecule has 5 heteroatoms. The van der Waals surface area contributed by atoms with E-state index in [1.54, 1.807) is 0 Å². The molecule has 42 valence electrons. The maximum absolute atomic E-state index is 9.73. The molecule has 0 atom stereocenters. The van der Waals surface area contributed by atoms with Crippen molar-refractivity contribution in [2.75, 3.05) is 0 Å². The summed E-state index contributed by atoms with van der Waals surface area (Å²) in [5.41, 5.74) is 4.41. The summed E-state index contributed by atoms with van der Waals surface area (Å²) in [4.78, 5) is 19.3. The number of rotatable bonds is 0. The molecule has 0 unspecified atom stereocenters. The number of hydrogen-bond acceptors (Lipinski definition) is 3. The van der Waals surface area contributed by atoms with Gasteiger partial charge in [0.2, 0.25) is 0 Å². The zero-order valence-electron chi connectivity index (χ0n) is 3.80. The predicted octanol–water partition coefficient (Wildman–Crippen LogP) is -1.02. The molecule has 0 bridgehead atoms. The van der Waals surface area contributed by atoms with Crippen LogP contribution in [-0.4, -0.2) is 63.4 Å². The molecule has 0 radical (unpaired) electrons. The minimum absolute atomic E-state index is 0. The van der Waals surface area contributed by atoms with Gasteiger partial charge < -0.3 is 10.5 Å². The monoisotopic (exact) mass is 143 g/mol. The molecular formula is C3H6KNO3. The Morgan fingerprint density at radius 2 is 1.88 bits per heavy atom. The number of ether oxygens (including phenoxy) is 1. The average Bonchev–Trinajstić information content (AvgIpc) is 1.27. The second kappa shape index (κ2) is 5.71. The number of nitrogens with two attached hydrogens (primary N) is 1.